The number of nitrogens with two attached hydrogens (primary N) is 1. The number of H-pyrrole nitrogens is 1. The third-order valence-electron chi connectivity index (χ3n) is 2.01. The highest BCUT2D eigenvalue weighted by molar-refractivity contribution is 5.75. The van der Waals surface area contributed by atoms with Crippen LogP contribution in [0.4, 0.5) is 0 Å². The molecule has 0 spiro atoms. The lowest BCUT2D eigenvalue weighted by molar-refractivity contribution is -0.118. The van der Waals surface area contributed by atoms with E-state index in [1.807, 2.05) is 0 Å². The largest absolute Gasteiger partial charge is 0.370 e. The van der Waals surface area contributed by atoms with Gasteiger partial charge in [-0.3, -0.25) is 9.59 Å². The molecule has 0 radical (unpaired) electrons. The second-order valence-corrected chi connectivity index (χ2v) is 3.05. The molecule has 2 aromatic heterocycles. The molecular formula is C8H9N5O2. The first-order valence-corrected chi connectivity index (χ1v) is 4.36. The second kappa shape index (κ2) is 3.52. The molecule has 2 aromatic rings. The van der Waals surface area contributed by atoms with Gasteiger partial charge in [-0.2, -0.15) is 5.10 Å². The number of aromatic amines is 1. The molecule has 0 fully saturated rings. The minimum absolute atomic E-state index is 0.172. The minimum Gasteiger partial charge on any atom is -0.370 e. The van der Waals surface area contributed by atoms with E-state index in [2.05, 4.69) is 15.1 Å². The first-order valence-electron chi connectivity index (χ1n) is 4.36. The zero-order chi connectivity index (χ0) is 10.8. The maximum absolute atomic E-state index is 11.3. The van der Waals surface area contributed by atoms with Gasteiger partial charge in [0.2, 0.25) is 5.91 Å². The fourth-order valence-electron chi connectivity index (χ4n) is 1.28. The Morgan fingerprint density at radius 2 is 2.40 bits per heavy atom. The van der Waals surface area contributed by atoms with Gasteiger partial charge in [-0.1, -0.05) is 0 Å². The Labute approximate surface area is 83.9 Å². The van der Waals surface area contributed by atoms with Gasteiger partial charge in [-0.15, -0.1) is 0 Å². The molecule has 0 atom stereocenters. The summed E-state index contributed by atoms with van der Waals surface area (Å²) in [7, 11) is 0. The Kier molecular flexibility index (Phi) is 2.20. The highest BCUT2D eigenvalue weighted by Crippen LogP contribution is 2.04. The van der Waals surface area contributed by atoms with Crippen molar-refractivity contribution in [2.24, 2.45) is 5.73 Å². The number of nitrogens with zero attached hydrogens (tertiary/aromatic N) is 3. The molecule has 2 heterocycles. The van der Waals surface area contributed by atoms with Gasteiger partial charge in [0, 0.05) is 6.42 Å². The van der Waals surface area contributed by atoms with Crippen LogP contribution in [0.1, 0.15) is 6.42 Å². The van der Waals surface area contributed by atoms with Crippen molar-refractivity contribution < 1.29 is 4.79 Å². The molecule has 1 amide bonds. The topological polar surface area (TPSA) is 107 Å². The van der Waals surface area contributed by atoms with Crippen LogP contribution in [0.25, 0.3) is 11.0 Å². The predicted octanol–water partition coefficient (Wildman–Crippen LogP) is -1.01. The lowest BCUT2D eigenvalue weighted by atomic mass is 10.4. The fraction of sp³-hybridized carbons (Fsp3) is 0.250. The molecule has 2 rings (SSSR count). The van der Waals surface area contributed by atoms with Crippen molar-refractivity contribution in [2.45, 2.75) is 13.0 Å². The zero-order valence-electron chi connectivity index (χ0n) is 7.80. The standard InChI is InChI=1S/C8H9N5O2/c9-6(14)1-2-13-7-5(3-12-13)8(15)11-4-10-7/h3-4H,1-2H2,(H2,9,14)(H,10,11,15). The van der Waals surface area contributed by atoms with E-state index in [1.165, 1.54) is 17.2 Å². The Balaban J connectivity index is 2.41. The quantitative estimate of drug-likeness (QED) is 0.672. The van der Waals surface area contributed by atoms with Crippen LogP contribution in [0.2, 0.25) is 0 Å². The number of carbonyl (C=O) groups is 1. The van der Waals surface area contributed by atoms with Crippen LogP contribution in [-0.4, -0.2) is 25.7 Å². The van der Waals surface area contributed by atoms with Crippen LogP contribution >= 0.6 is 0 Å². The number of aryl methyl sites for hydroxylation is 1. The van der Waals surface area contributed by atoms with Crippen molar-refractivity contribution in [3.05, 3.63) is 22.9 Å². The average Bonchev–Trinajstić information content (AvgIpc) is 2.59. The third kappa shape index (κ3) is 1.71. The lowest BCUT2D eigenvalue weighted by Crippen LogP contribution is -2.15. The van der Waals surface area contributed by atoms with E-state index in [4.69, 9.17) is 5.73 Å². The molecule has 0 aromatic carbocycles. The molecule has 7 nitrogen and oxygen atoms in total. The van der Waals surface area contributed by atoms with E-state index in [0.717, 1.165) is 0 Å². The predicted molar refractivity (Wildman–Crippen MR) is 52.0 cm³/mol. The van der Waals surface area contributed by atoms with Gasteiger partial charge < -0.3 is 10.7 Å². The molecule has 0 saturated heterocycles. The summed E-state index contributed by atoms with van der Waals surface area (Å²) in [5, 5.41) is 4.36. The molecule has 0 aliphatic rings. The van der Waals surface area contributed by atoms with Crippen molar-refractivity contribution in [3.8, 4) is 0 Å². The summed E-state index contributed by atoms with van der Waals surface area (Å²) >= 11 is 0. The van der Waals surface area contributed by atoms with Gasteiger partial charge in [-0.05, 0) is 0 Å². The number of nitrogens with one attached hydrogen (secondary N) is 1. The summed E-state index contributed by atoms with van der Waals surface area (Å²) in [5.74, 6) is -0.413. The maximum Gasteiger partial charge on any atom is 0.261 e. The van der Waals surface area contributed by atoms with E-state index in [-0.39, 0.29) is 12.0 Å². The van der Waals surface area contributed by atoms with E-state index < -0.39 is 5.91 Å². The SMILES string of the molecule is NC(=O)CCn1ncc2c(=O)[nH]cnc21. The highest BCUT2D eigenvalue weighted by atomic mass is 16.1. The summed E-state index contributed by atoms with van der Waals surface area (Å²) in [5.41, 5.74) is 5.23. The van der Waals surface area contributed by atoms with E-state index in [0.29, 0.717) is 17.6 Å². The normalized spacial score (nSPS) is 10.7. The highest BCUT2D eigenvalue weighted by Gasteiger charge is 2.07. The lowest BCUT2D eigenvalue weighted by Gasteiger charge is -1.99. The summed E-state index contributed by atoms with van der Waals surface area (Å²) < 4.78 is 1.48. The molecule has 78 valence electrons. The van der Waals surface area contributed by atoms with Crippen LogP contribution in [0.3, 0.4) is 0 Å². The van der Waals surface area contributed by atoms with Crippen molar-refractivity contribution in [1.29, 1.82) is 0 Å². The molecule has 0 unspecified atom stereocenters. The number of rotatable bonds is 3. The number of primary amides is 1. The summed E-state index contributed by atoms with van der Waals surface area (Å²) in [6.07, 6.45) is 2.89. The van der Waals surface area contributed by atoms with Gasteiger partial charge in [0.1, 0.15) is 5.39 Å². The average molecular weight is 207 g/mol. The minimum atomic E-state index is -0.413. The summed E-state index contributed by atoms with van der Waals surface area (Å²) in [6.45, 7) is 0.329. The number of hydrogen-bond donors (Lipinski definition) is 2. The van der Waals surface area contributed by atoms with Gasteiger partial charge in [-0.25, -0.2) is 9.67 Å². The first-order chi connectivity index (χ1) is 7.18. The van der Waals surface area contributed by atoms with Crippen molar-refractivity contribution in [1.82, 2.24) is 19.7 Å². The monoisotopic (exact) mass is 207 g/mol. The number of hydrogen-bond acceptors (Lipinski definition) is 4. The van der Waals surface area contributed by atoms with Crippen LogP contribution in [0.15, 0.2) is 17.3 Å². The van der Waals surface area contributed by atoms with E-state index in [1.54, 1.807) is 0 Å². The van der Waals surface area contributed by atoms with Gasteiger partial charge in [0.15, 0.2) is 5.65 Å². The van der Waals surface area contributed by atoms with Gasteiger partial charge in [0.25, 0.3) is 5.56 Å². The molecule has 15 heavy (non-hydrogen) atoms. The van der Waals surface area contributed by atoms with Crippen LogP contribution in [-0.2, 0) is 11.3 Å². The third-order valence-corrected chi connectivity index (χ3v) is 2.01. The number of aromatic nitrogens is 4. The number of amides is 1. The molecule has 0 saturated carbocycles. The molecule has 0 aliphatic heterocycles. The Morgan fingerprint density at radius 3 is 3.13 bits per heavy atom. The summed E-state index contributed by atoms with van der Waals surface area (Å²) in [4.78, 5) is 28.3. The van der Waals surface area contributed by atoms with Crippen molar-refractivity contribution >= 4 is 16.9 Å². The molecule has 7 heteroatoms. The second-order valence-electron chi connectivity index (χ2n) is 3.05. The fourth-order valence-corrected chi connectivity index (χ4v) is 1.28. The van der Waals surface area contributed by atoms with Crippen LogP contribution < -0.4 is 11.3 Å². The smallest absolute Gasteiger partial charge is 0.261 e. The molecule has 3 N–H and O–H groups in total. The van der Waals surface area contributed by atoms with Crippen LogP contribution in [0.5, 0.6) is 0 Å². The maximum atomic E-state index is 11.3. The summed E-state index contributed by atoms with van der Waals surface area (Å²) in [6, 6.07) is 0. The Morgan fingerprint density at radius 1 is 1.60 bits per heavy atom. The number of carbonyl (C=O) groups excluding carboxylic acids is 1. The van der Waals surface area contributed by atoms with Crippen molar-refractivity contribution in [2.75, 3.05) is 0 Å². The van der Waals surface area contributed by atoms with E-state index in [9.17, 15) is 9.59 Å². The molecule has 0 aliphatic carbocycles. The van der Waals surface area contributed by atoms with Crippen LogP contribution in [0, 0.1) is 0 Å². The molecule has 0 bridgehead atoms. The van der Waals surface area contributed by atoms with E-state index >= 15 is 0 Å². The number of fused-ring (bicyclic) bond motifs is 1. The van der Waals surface area contributed by atoms with Gasteiger partial charge >= 0.3 is 0 Å². The Bertz CT molecular complexity index is 555. The zero-order valence-corrected chi connectivity index (χ0v) is 7.80. The van der Waals surface area contributed by atoms with Gasteiger partial charge in [0.05, 0.1) is 19.1 Å². The first kappa shape index (κ1) is 9.38. The molecular weight excluding hydrogens is 198 g/mol. The van der Waals surface area contributed by atoms with Crippen molar-refractivity contribution in [3.63, 3.8) is 0 Å². The Hall–Kier alpha value is -2.18.